The zero-order valence-corrected chi connectivity index (χ0v) is 20.9. The Labute approximate surface area is 198 Å². The number of Topliss-reactive ketones (excluding diaryl/α,β-unsaturated/α-hetero) is 1. The largest absolute Gasteiger partial charge is 0.469 e. The Balaban J connectivity index is 2.11. The molecule has 8 atom stereocenters. The number of hydrogen-bond donors (Lipinski definition) is 1. The standard InChI is InChI=1S/C27H42O6/c1-6-8-19-13-20-10-9-18(4)23(12-11-21(28)15-22(29)16-25(30)32-5)26(20)24(14-19)33-27(31)17(3)7-2/h6,8-10,17-20,22-24,26,29H,7,11-16H2,1-5H3/b8-6-/t17-,18-,19-,20-,22+,23-,24-,26-/m0/s1. The van der Waals surface area contributed by atoms with Gasteiger partial charge >= 0.3 is 11.9 Å². The summed E-state index contributed by atoms with van der Waals surface area (Å²) < 4.78 is 10.7. The molecule has 2 aliphatic rings. The number of aliphatic hydroxyl groups is 1. The molecule has 33 heavy (non-hydrogen) atoms. The Morgan fingerprint density at radius 3 is 2.55 bits per heavy atom. The lowest BCUT2D eigenvalue weighted by molar-refractivity contribution is -0.163. The van der Waals surface area contributed by atoms with Crippen LogP contribution in [0.25, 0.3) is 0 Å². The molecule has 6 heteroatoms. The number of allylic oxidation sites excluding steroid dienone is 4. The van der Waals surface area contributed by atoms with E-state index in [0.29, 0.717) is 24.7 Å². The van der Waals surface area contributed by atoms with Crippen molar-refractivity contribution >= 4 is 17.7 Å². The monoisotopic (exact) mass is 462 g/mol. The highest BCUT2D eigenvalue weighted by Crippen LogP contribution is 2.48. The summed E-state index contributed by atoms with van der Waals surface area (Å²) in [5.74, 6) is 0.547. The number of rotatable bonds is 11. The van der Waals surface area contributed by atoms with Crippen LogP contribution in [-0.2, 0) is 23.9 Å². The summed E-state index contributed by atoms with van der Waals surface area (Å²) in [6, 6.07) is 0. The molecule has 2 rings (SSSR count). The first-order valence-electron chi connectivity index (χ1n) is 12.5. The Bertz CT molecular complexity index is 726. The fourth-order valence-electron chi connectivity index (χ4n) is 5.43. The van der Waals surface area contributed by atoms with E-state index in [0.717, 1.165) is 19.3 Å². The normalized spacial score (nSPS) is 31.0. The molecule has 1 saturated carbocycles. The Hall–Kier alpha value is -1.95. The van der Waals surface area contributed by atoms with Crippen LogP contribution in [0.3, 0.4) is 0 Å². The van der Waals surface area contributed by atoms with Crippen LogP contribution in [-0.4, -0.2) is 42.1 Å². The smallest absolute Gasteiger partial charge is 0.308 e. The summed E-state index contributed by atoms with van der Waals surface area (Å²) >= 11 is 0. The second kappa shape index (κ2) is 13.1. The molecule has 186 valence electrons. The summed E-state index contributed by atoms with van der Waals surface area (Å²) in [5, 5.41) is 10.00. The summed E-state index contributed by atoms with van der Waals surface area (Å²) in [5.41, 5.74) is 0. The van der Waals surface area contributed by atoms with Crippen molar-refractivity contribution in [2.24, 2.45) is 35.5 Å². The van der Waals surface area contributed by atoms with E-state index in [1.54, 1.807) is 0 Å². The first kappa shape index (κ1) is 27.3. The lowest BCUT2D eigenvalue weighted by Gasteiger charge is -2.47. The molecule has 0 bridgehead atoms. The number of carbonyl (C=O) groups excluding carboxylic acids is 3. The third-order valence-corrected chi connectivity index (χ3v) is 7.46. The highest BCUT2D eigenvalue weighted by molar-refractivity contribution is 5.80. The molecule has 6 nitrogen and oxygen atoms in total. The molecule has 0 saturated heterocycles. The molecule has 0 heterocycles. The van der Waals surface area contributed by atoms with E-state index < -0.39 is 12.1 Å². The fraction of sp³-hybridized carbons (Fsp3) is 0.741. The second-order valence-electron chi connectivity index (χ2n) is 9.91. The van der Waals surface area contributed by atoms with Gasteiger partial charge in [-0.15, -0.1) is 0 Å². The van der Waals surface area contributed by atoms with Crippen molar-refractivity contribution in [1.82, 2.24) is 0 Å². The van der Waals surface area contributed by atoms with E-state index >= 15 is 0 Å². The van der Waals surface area contributed by atoms with Crippen molar-refractivity contribution in [1.29, 1.82) is 0 Å². The molecule has 0 unspecified atom stereocenters. The minimum Gasteiger partial charge on any atom is -0.469 e. The molecule has 0 aromatic carbocycles. The molecule has 0 amide bonds. The van der Waals surface area contributed by atoms with Crippen LogP contribution >= 0.6 is 0 Å². The highest BCUT2D eigenvalue weighted by atomic mass is 16.5. The van der Waals surface area contributed by atoms with Gasteiger partial charge in [0.2, 0.25) is 0 Å². The predicted molar refractivity (Wildman–Crippen MR) is 127 cm³/mol. The average Bonchev–Trinajstić information content (AvgIpc) is 2.77. The Morgan fingerprint density at radius 1 is 1.18 bits per heavy atom. The van der Waals surface area contributed by atoms with Gasteiger partial charge in [-0.3, -0.25) is 14.4 Å². The van der Waals surface area contributed by atoms with Crippen LogP contribution in [0.1, 0.15) is 72.6 Å². The maximum Gasteiger partial charge on any atom is 0.308 e. The molecule has 0 radical (unpaired) electrons. The molecule has 0 aliphatic heterocycles. The Kier molecular flexibility index (Phi) is 10.8. The van der Waals surface area contributed by atoms with Gasteiger partial charge in [0.05, 0.1) is 25.6 Å². The topological polar surface area (TPSA) is 89.9 Å². The van der Waals surface area contributed by atoms with Crippen molar-refractivity contribution in [2.75, 3.05) is 7.11 Å². The molecule has 0 aromatic rings. The number of fused-ring (bicyclic) bond motifs is 1. The number of methoxy groups -OCH3 is 1. The van der Waals surface area contributed by atoms with Gasteiger partial charge in [-0.1, -0.05) is 45.1 Å². The van der Waals surface area contributed by atoms with E-state index in [-0.39, 0.29) is 54.4 Å². The lowest BCUT2D eigenvalue weighted by Crippen LogP contribution is -2.46. The summed E-state index contributed by atoms with van der Waals surface area (Å²) in [7, 11) is 1.26. The maximum atomic E-state index is 12.7. The zero-order valence-electron chi connectivity index (χ0n) is 20.9. The third kappa shape index (κ3) is 7.80. The van der Waals surface area contributed by atoms with Crippen molar-refractivity contribution in [3.05, 3.63) is 24.3 Å². The number of esters is 2. The maximum absolute atomic E-state index is 12.7. The number of ketones is 1. The van der Waals surface area contributed by atoms with E-state index in [1.165, 1.54) is 7.11 Å². The van der Waals surface area contributed by atoms with Gasteiger partial charge in [0, 0.05) is 18.8 Å². The summed E-state index contributed by atoms with van der Waals surface area (Å²) in [6.07, 6.45) is 11.0. The van der Waals surface area contributed by atoms with Crippen molar-refractivity contribution in [3.63, 3.8) is 0 Å². The van der Waals surface area contributed by atoms with Gasteiger partial charge in [-0.25, -0.2) is 0 Å². The molecular weight excluding hydrogens is 420 g/mol. The van der Waals surface area contributed by atoms with Crippen molar-refractivity contribution in [2.45, 2.75) is 84.8 Å². The molecule has 1 fully saturated rings. The van der Waals surface area contributed by atoms with Gasteiger partial charge < -0.3 is 14.6 Å². The zero-order chi connectivity index (χ0) is 24.5. The van der Waals surface area contributed by atoms with Crippen LogP contribution in [0.15, 0.2) is 24.3 Å². The predicted octanol–water partition coefficient (Wildman–Crippen LogP) is 4.65. The highest BCUT2D eigenvalue weighted by Gasteiger charge is 2.45. The summed E-state index contributed by atoms with van der Waals surface area (Å²) in [6.45, 7) is 8.09. The fourth-order valence-corrected chi connectivity index (χ4v) is 5.43. The first-order valence-corrected chi connectivity index (χ1v) is 12.5. The summed E-state index contributed by atoms with van der Waals surface area (Å²) in [4.78, 5) is 36.6. The molecule has 0 aromatic heterocycles. The lowest BCUT2D eigenvalue weighted by atomic mass is 9.60. The van der Waals surface area contributed by atoms with Gasteiger partial charge in [0.25, 0.3) is 0 Å². The SMILES string of the molecule is C/C=C\[C@@H]1C[C@H](OC(=O)[C@@H](C)CC)[C@@H]2[C@@H](CCC(=O)C[C@@H](O)CC(=O)OC)[C@@H](C)C=C[C@H]2C1. The third-order valence-electron chi connectivity index (χ3n) is 7.46. The Morgan fingerprint density at radius 2 is 1.91 bits per heavy atom. The van der Waals surface area contributed by atoms with E-state index in [9.17, 15) is 19.5 Å². The van der Waals surface area contributed by atoms with Crippen LogP contribution < -0.4 is 0 Å². The quantitative estimate of drug-likeness (QED) is 0.355. The second-order valence-corrected chi connectivity index (χ2v) is 9.91. The van der Waals surface area contributed by atoms with E-state index in [4.69, 9.17) is 4.74 Å². The minimum atomic E-state index is -1.01. The number of ether oxygens (including phenoxy) is 2. The number of hydrogen-bond acceptors (Lipinski definition) is 6. The molecule has 0 spiro atoms. The minimum absolute atomic E-state index is 0.0457. The van der Waals surface area contributed by atoms with Crippen molar-refractivity contribution in [3.8, 4) is 0 Å². The van der Waals surface area contributed by atoms with Crippen molar-refractivity contribution < 1.29 is 29.0 Å². The van der Waals surface area contributed by atoms with Crippen LogP contribution in [0.5, 0.6) is 0 Å². The van der Waals surface area contributed by atoms with E-state index in [2.05, 4.69) is 36.0 Å². The van der Waals surface area contributed by atoms with Gasteiger partial charge in [-0.2, -0.15) is 0 Å². The number of carbonyl (C=O) groups is 3. The molecule has 2 aliphatic carbocycles. The number of aliphatic hydroxyl groups excluding tert-OH is 1. The van der Waals surface area contributed by atoms with E-state index in [1.807, 2.05) is 20.8 Å². The van der Waals surface area contributed by atoms with Crippen LogP contribution in [0, 0.1) is 35.5 Å². The average molecular weight is 463 g/mol. The van der Waals surface area contributed by atoms with Crippen LogP contribution in [0.2, 0.25) is 0 Å². The van der Waals surface area contributed by atoms with Gasteiger partial charge in [0.15, 0.2) is 0 Å². The molecular formula is C27H42O6. The molecule has 1 N–H and O–H groups in total. The van der Waals surface area contributed by atoms with Gasteiger partial charge in [0.1, 0.15) is 11.9 Å². The van der Waals surface area contributed by atoms with Gasteiger partial charge in [-0.05, 0) is 56.3 Å². The van der Waals surface area contributed by atoms with Crippen LogP contribution in [0.4, 0.5) is 0 Å². The first-order chi connectivity index (χ1) is 15.7.